The van der Waals surface area contributed by atoms with Crippen molar-refractivity contribution in [2.24, 2.45) is 35.5 Å². The van der Waals surface area contributed by atoms with Crippen molar-refractivity contribution in [2.45, 2.75) is 97.5 Å². The zero-order valence-electron chi connectivity index (χ0n) is 24.9. The number of amides is 1. The zero-order valence-corrected chi connectivity index (χ0v) is 24.9. The number of hydrogen-bond donors (Lipinski definition) is 3. The molecule has 1 aliphatic heterocycles. The first-order valence-corrected chi connectivity index (χ1v) is 15.1. The third kappa shape index (κ3) is 9.79. The largest absolute Gasteiger partial charge is 0.462 e. The molecule has 0 saturated heterocycles. The minimum Gasteiger partial charge on any atom is -0.462 e. The molecule has 1 saturated carbocycles. The molecule has 0 spiro atoms. The maximum absolute atomic E-state index is 13.0. The number of carbonyl (C=O) groups is 2. The Morgan fingerprint density at radius 1 is 1.07 bits per heavy atom. The predicted octanol–water partition coefficient (Wildman–Crippen LogP) is 4.87. The molecule has 3 N–H and O–H groups in total. The van der Waals surface area contributed by atoms with E-state index in [0.29, 0.717) is 36.8 Å². The number of nitrogens with one attached hydrogen (secondary N) is 1. The SMILES string of the molecule is C[C@@H]1C[C@H](C)C[C@H](C)[C@@H](O)CC(=O)O[C@H]([C@@H]2CC[C@H]2C(=O)NCc2ccncc2)C/C=C/C=C(/C#N)[C@H](O)[C@@H](C)C1. The fraction of sp³-hybridized carbons (Fsp3) is 0.636. The van der Waals surface area contributed by atoms with Crippen LogP contribution in [-0.2, 0) is 20.9 Å². The highest BCUT2D eigenvalue weighted by molar-refractivity contribution is 5.80. The third-order valence-electron chi connectivity index (χ3n) is 8.79. The highest BCUT2D eigenvalue weighted by Gasteiger charge is 2.42. The molecule has 2 heterocycles. The molecule has 2 aliphatic rings. The Morgan fingerprint density at radius 2 is 1.76 bits per heavy atom. The van der Waals surface area contributed by atoms with Gasteiger partial charge in [-0.25, -0.2) is 0 Å². The molecular weight excluding hydrogens is 518 g/mol. The monoisotopic (exact) mass is 565 g/mol. The summed E-state index contributed by atoms with van der Waals surface area (Å²) in [6.07, 6.45) is 10.6. The van der Waals surface area contributed by atoms with Crippen LogP contribution in [0.25, 0.3) is 0 Å². The van der Waals surface area contributed by atoms with Gasteiger partial charge in [-0.2, -0.15) is 5.26 Å². The van der Waals surface area contributed by atoms with Crippen LogP contribution in [-0.4, -0.2) is 45.4 Å². The summed E-state index contributed by atoms with van der Waals surface area (Å²) in [7, 11) is 0. The van der Waals surface area contributed by atoms with Crippen LogP contribution in [0.3, 0.4) is 0 Å². The average molecular weight is 566 g/mol. The number of pyridine rings is 1. The molecule has 224 valence electrons. The second kappa shape index (κ2) is 15.8. The summed E-state index contributed by atoms with van der Waals surface area (Å²) in [4.78, 5) is 30.0. The topological polar surface area (TPSA) is 133 Å². The molecule has 3 rings (SSSR count). The van der Waals surface area contributed by atoms with Gasteiger partial charge in [0.1, 0.15) is 6.10 Å². The summed E-state index contributed by atoms with van der Waals surface area (Å²) in [6.45, 7) is 8.63. The van der Waals surface area contributed by atoms with Gasteiger partial charge in [0.15, 0.2) is 0 Å². The van der Waals surface area contributed by atoms with Crippen LogP contribution >= 0.6 is 0 Å². The van der Waals surface area contributed by atoms with E-state index >= 15 is 0 Å². The Balaban J connectivity index is 1.77. The normalized spacial score (nSPS) is 36.2. The Labute approximate surface area is 244 Å². The molecule has 0 aromatic carbocycles. The molecule has 41 heavy (non-hydrogen) atoms. The molecule has 1 fully saturated rings. The molecule has 8 heteroatoms. The van der Waals surface area contributed by atoms with Crippen molar-refractivity contribution in [3.05, 3.63) is 53.9 Å². The van der Waals surface area contributed by atoms with Gasteiger partial charge in [0.25, 0.3) is 0 Å². The number of esters is 1. The van der Waals surface area contributed by atoms with Gasteiger partial charge in [-0.05, 0) is 79.5 Å². The molecular formula is C33H47N3O5. The number of rotatable bonds is 4. The van der Waals surface area contributed by atoms with Gasteiger partial charge in [0.05, 0.1) is 30.3 Å². The van der Waals surface area contributed by atoms with E-state index in [4.69, 9.17) is 4.74 Å². The fourth-order valence-electron chi connectivity index (χ4n) is 6.34. The number of aliphatic hydroxyl groups is 2. The summed E-state index contributed by atoms with van der Waals surface area (Å²) in [5, 5.41) is 34.4. The first-order valence-electron chi connectivity index (χ1n) is 15.1. The van der Waals surface area contributed by atoms with Crippen molar-refractivity contribution in [3.63, 3.8) is 0 Å². The molecule has 1 aliphatic carbocycles. The van der Waals surface area contributed by atoms with E-state index in [0.717, 1.165) is 31.2 Å². The first kappa shape index (κ1) is 32.5. The summed E-state index contributed by atoms with van der Waals surface area (Å²) in [5.41, 5.74) is 1.26. The Morgan fingerprint density at radius 3 is 2.39 bits per heavy atom. The van der Waals surface area contributed by atoms with Gasteiger partial charge in [0.2, 0.25) is 5.91 Å². The van der Waals surface area contributed by atoms with Crippen molar-refractivity contribution in [2.75, 3.05) is 0 Å². The average Bonchev–Trinajstić information content (AvgIpc) is 2.90. The van der Waals surface area contributed by atoms with Gasteiger partial charge in [-0.1, -0.05) is 39.8 Å². The van der Waals surface area contributed by atoms with Gasteiger partial charge in [0, 0.05) is 37.2 Å². The van der Waals surface area contributed by atoms with Gasteiger partial charge in [-0.15, -0.1) is 0 Å². The van der Waals surface area contributed by atoms with E-state index in [1.807, 2.05) is 32.1 Å². The number of aliphatic hydroxyl groups excluding tert-OH is 2. The van der Waals surface area contributed by atoms with E-state index in [2.05, 4.69) is 30.2 Å². The molecule has 0 unspecified atom stereocenters. The molecule has 0 bridgehead atoms. The quantitative estimate of drug-likeness (QED) is 0.444. The zero-order chi connectivity index (χ0) is 29.9. The molecule has 8 nitrogen and oxygen atoms in total. The highest BCUT2D eigenvalue weighted by Crippen LogP contribution is 2.40. The number of aromatic nitrogens is 1. The van der Waals surface area contributed by atoms with Crippen LogP contribution < -0.4 is 5.32 Å². The van der Waals surface area contributed by atoms with Gasteiger partial charge in [-0.3, -0.25) is 14.6 Å². The van der Waals surface area contributed by atoms with Crippen LogP contribution in [0.5, 0.6) is 0 Å². The first-order chi connectivity index (χ1) is 19.6. The number of nitriles is 1. The van der Waals surface area contributed by atoms with Crippen LogP contribution in [0.1, 0.15) is 78.2 Å². The number of ether oxygens (including phenoxy) is 1. The lowest BCUT2D eigenvalue weighted by atomic mass is 9.69. The molecule has 1 aromatic rings. The van der Waals surface area contributed by atoms with Crippen LogP contribution in [0, 0.1) is 46.8 Å². The number of allylic oxidation sites excluding steroid dienone is 2. The van der Waals surface area contributed by atoms with Crippen molar-refractivity contribution in [3.8, 4) is 6.07 Å². The third-order valence-corrected chi connectivity index (χ3v) is 8.79. The number of nitrogens with zero attached hydrogens (tertiary/aromatic N) is 2. The Kier molecular flexibility index (Phi) is 12.6. The Bertz CT molecular complexity index is 1100. The van der Waals surface area contributed by atoms with Gasteiger partial charge >= 0.3 is 5.97 Å². The molecule has 9 atom stereocenters. The smallest absolute Gasteiger partial charge is 0.308 e. The maximum atomic E-state index is 13.0. The standard InChI is InChI=1S/C33H47N3O5/c1-21-15-22(2)17-24(4)32(39)26(19-34)7-5-6-8-30(41-31(38)18-29(37)23(3)16-21)27-9-10-28(27)33(40)36-20-25-11-13-35-14-12-25/h5-7,11-14,21-24,27-30,32,37,39H,8-10,15-18,20H2,1-4H3,(H,36,40)/b6-5+,26-7-/t21-,22+,23-,24-,27+,28+,29-,30-,32+/m0/s1. The minimum absolute atomic E-state index is 0.0711. The molecule has 0 radical (unpaired) electrons. The summed E-state index contributed by atoms with van der Waals surface area (Å²) in [6, 6.07) is 5.85. The van der Waals surface area contributed by atoms with Crippen molar-refractivity contribution in [1.29, 1.82) is 5.26 Å². The number of cyclic esters (lactones) is 1. The van der Waals surface area contributed by atoms with E-state index in [1.54, 1.807) is 24.5 Å². The van der Waals surface area contributed by atoms with Crippen LogP contribution in [0.15, 0.2) is 48.3 Å². The fourth-order valence-corrected chi connectivity index (χ4v) is 6.34. The number of carbonyl (C=O) groups excluding carboxylic acids is 2. The van der Waals surface area contributed by atoms with Gasteiger partial charge < -0.3 is 20.3 Å². The summed E-state index contributed by atoms with van der Waals surface area (Å²) in [5.74, 6) is -0.438. The predicted molar refractivity (Wildman–Crippen MR) is 157 cm³/mol. The van der Waals surface area contributed by atoms with E-state index < -0.39 is 24.3 Å². The van der Waals surface area contributed by atoms with Crippen LogP contribution in [0.2, 0.25) is 0 Å². The van der Waals surface area contributed by atoms with Crippen LogP contribution in [0.4, 0.5) is 0 Å². The minimum atomic E-state index is -0.865. The number of hydrogen-bond acceptors (Lipinski definition) is 7. The van der Waals surface area contributed by atoms with Crippen molar-refractivity contribution in [1.82, 2.24) is 10.3 Å². The second-order valence-corrected chi connectivity index (χ2v) is 12.4. The lowest BCUT2D eigenvalue weighted by Crippen LogP contribution is -2.46. The van der Waals surface area contributed by atoms with Crippen molar-refractivity contribution < 1.29 is 24.5 Å². The van der Waals surface area contributed by atoms with E-state index in [9.17, 15) is 25.1 Å². The molecule has 1 aromatic heterocycles. The Hall–Kier alpha value is -3.02. The summed E-state index contributed by atoms with van der Waals surface area (Å²) < 4.78 is 5.92. The highest BCUT2D eigenvalue weighted by atomic mass is 16.5. The second-order valence-electron chi connectivity index (χ2n) is 12.4. The van der Waals surface area contributed by atoms with Crippen molar-refractivity contribution >= 4 is 11.9 Å². The van der Waals surface area contributed by atoms with E-state index in [1.165, 1.54) is 0 Å². The van der Waals surface area contributed by atoms with E-state index in [-0.39, 0.29) is 36.0 Å². The lowest BCUT2D eigenvalue weighted by molar-refractivity contribution is -0.161. The summed E-state index contributed by atoms with van der Waals surface area (Å²) >= 11 is 0. The maximum Gasteiger partial charge on any atom is 0.308 e. The molecule has 1 amide bonds. The lowest BCUT2D eigenvalue weighted by Gasteiger charge is -2.40.